The van der Waals surface area contributed by atoms with Crippen LogP contribution in [-0.2, 0) is 13.1 Å². The minimum atomic E-state index is 0.431. The smallest absolute Gasteiger partial charge is 0.149 e. The molecule has 0 aliphatic rings. The highest BCUT2D eigenvalue weighted by molar-refractivity contribution is 9.11. The Morgan fingerprint density at radius 3 is 1.48 bits per heavy atom. The Hall–Kier alpha value is -2.74. The first kappa shape index (κ1) is 31.8. The SMILES string of the molecule is CCCCCOc1c(Br)cc(CN)cc1C#Cc1cccc(C#Cc2cc(CN)cc(Br)c2OCCCCC)c1. The van der Waals surface area contributed by atoms with Gasteiger partial charge in [-0.05, 0) is 98.3 Å². The molecular formula is C34H38Br2N2O2. The van der Waals surface area contributed by atoms with Crippen LogP contribution < -0.4 is 20.9 Å². The lowest BCUT2D eigenvalue weighted by molar-refractivity contribution is 0.303. The van der Waals surface area contributed by atoms with Crippen molar-refractivity contribution in [3.8, 4) is 35.2 Å². The molecule has 0 radical (unpaired) electrons. The van der Waals surface area contributed by atoms with Gasteiger partial charge in [-0.1, -0.05) is 69.3 Å². The van der Waals surface area contributed by atoms with Crippen LogP contribution in [0.5, 0.6) is 11.5 Å². The van der Waals surface area contributed by atoms with Crippen molar-refractivity contribution in [3.05, 3.63) is 90.9 Å². The molecule has 0 saturated carbocycles. The third-order valence-corrected chi connectivity index (χ3v) is 7.39. The first-order valence-electron chi connectivity index (χ1n) is 13.9. The number of hydrogen-bond acceptors (Lipinski definition) is 4. The first-order valence-corrected chi connectivity index (χ1v) is 15.5. The minimum Gasteiger partial charge on any atom is -0.491 e. The van der Waals surface area contributed by atoms with Crippen LogP contribution in [0.1, 0.15) is 85.8 Å². The van der Waals surface area contributed by atoms with Gasteiger partial charge >= 0.3 is 0 Å². The maximum Gasteiger partial charge on any atom is 0.149 e. The Bertz CT molecular complexity index is 1290. The first-order chi connectivity index (χ1) is 19.5. The monoisotopic (exact) mass is 664 g/mol. The van der Waals surface area contributed by atoms with E-state index in [2.05, 4.69) is 69.4 Å². The van der Waals surface area contributed by atoms with Gasteiger partial charge in [0.05, 0.1) is 33.3 Å². The van der Waals surface area contributed by atoms with Gasteiger partial charge in [-0.3, -0.25) is 0 Å². The van der Waals surface area contributed by atoms with Gasteiger partial charge in [-0.2, -0.15) is 0 Å². The molecule has 0 aromatic heterocycles. The number of ether oxygens (including phenoxy) is 2. The molecular weight excluding hydrogens is 628 g/mol. The second-order valence-electron chi connectivity index (χ2n) is 9.51. The summed E-state index contributed by atoms with van der Waals surface area (Å²) in [6.45, 7) is 6.53. The molecule has 3 aromatic carbocycles. The van der Waals surface area contributed by atoms with E-state index in [4.69, 9.17) is 20.9 Å². The van der Waals surface area contributed by atoms with Gasteiger partial charge < -0.3 is 20.9 Å². The largest absolute Gasteiger partial charge is 0.491 e. The van der Waals surface area contributed by atoms with Crippen LogP contribution in [0.25, 0.3) is 0 Å². The molecule has 0 unspecified atom stereocenters. The van der Waals surface area contributed by atoms with Crippen molar-refractivity contribution in [1.82, 2.24) is 0 Å². The Morgan fingerprint density at radius 1 is 0.625 bits per heavy atom. The molecule has 0 atom stereocenters. The van der Waals surface area contributed by atoms with Crippen LogP contribution >= 0.6 is 31.9 Å². The zero-order valence-corrected chi connectivity index (χ0v) is 26.6. The fraction of sp³-hybridized carbons (Fsp3) is 0.353. The molecule has 3 rings (SSSR count). The lowest BCUT2D eigenvalue weighted by Crippen LogP contribution is -2.03. The summed E-state index contributed by atoms with van der Waals surface area (Å²) in [5.41, 5.74) is 17.2. The van der Waals surface area contributed by atoms with Crippen LogP contribution in [0.2, 0.25) is 0 Å². The van der Waals surface area contributed by atoms with Crippen molar-refractivity contribution < 1.29 is 9.47 Å². The standard InChI is InChI=1S/C34H38Br2N2O2/c1-3-5-7-16-39-33-29(19-27(23-37)21-31(33)35)14-12-25-10-9-11-26(18-25)13-15-30-20-28(24-38)22-32(36)34(30)40-17-8-6-4-2/h9-11,18-22H,3-8,16-17,23-24,37-38H2,1-2H3. The molecule has 0 heterocycles. The summed E-state index contributed by atoms with van der Waals surface area (Å²) in [6, 6.07) is 15.9. The van der Waals surface area contributed by atoms with Gasteiger partial charge in [-0.25, -0.2) is 0 Å². The number of unbranched alkanes of at least 4 members (excludes halogenated alkanes) is 4. The maximum atomic E-state index is 6.11. The van der Waals surface area contributed by atoms with Crippen molar-refractivity contribution in [2.24, 2.45) is 11.5 Å². The lowest BCUT2D eigenvalue weighted by atomic mass is 10.1. The lowest BCUT2D eigenvalue weighted by Gasteiger charge is -2.12. The van der Waals surface area contributed by atoms with E-state index in [-0.39, 0.29) is 0 Å². The summed E-state index contributed by atoms with van der Waals surface area (Å²) in [4.78, 5) is 0. The third kappa shape index (κ3) is 9.72. The van der Waals surface area contributed by atoms with E-state index in [0.29, 0.717) is 26.3 Å². The summed E-state index contributed by atoms with van der Waals surface area (Å²) in [5.74, 6) is 14.7. The average molecular weight is 666 g/mol. The highest BCUT2D eigenvalue weighted by atomic mass is 79.9. The van der Waals surface area contributed by atoms with E-state index >= 15 is 0 Å². The van der Waals surface area contributed by atoms with E-state index in [9.17, 15) is 0 Å². The van der Waals surface area contributed by atoms with E-state index in [1.165, 1.54) is 0 Å². The van der Waals surface area contributed by atoms with E-state index in [1.54, 1.807) is 0 Å². The number of benzene rings is 3. The zero-order valence-electron chi connectivity index (χ0n) is 23.4. The molecule has 0 fully saturated rings. The van der Waals surface area contributed by atoms with E-state index in [0.717, 1.165) is 92.4 Å². The van der Waals surface area contributed by atoms with Crippen molar-refractivity contribution >= 4 is 31.9 Å². The number of halogens is 2. The Labute approximate surface area is 256 Å². The normalized spacial score (nSPS) is 10.3. The van der Waals surface area contributed by atoms with Crippen molar-refractivity contribution in [2.75, 3.05) is 13.2 Å². The fourth-order valence-corrected chi connectivity index (χ4v) is 5.26. The summed E-state index contributed by atoms with van der Waals surface area (Å²) in [5, 5.41) is 0. The van der Waals surface area contributed by atoms with Gasteiger partial charge in [0.1, 0.15) is 11.5 Å². The van der Waals surface area contributed by atoms with Crippen LogP contribution in [0.3, 0.4) is 0 Å². The van der Waals surface area contributed by atoms with Crippen molar-refractivity contribution in [3.63, 3.8) is 0 Å². The molecule has 0 saturated heterocycles. The summed E-state index contributed by atoms with van der Waals surface area (Å²) in [7, 11) is 0. The topological polar surface area (TPSA) is 70.5 Å². The van der Waals surface area contributed by atoms with Gasteiger partial charge in [0.25, 0.3) is 0 Å². The Balaban J connectivity index is 1.89. The second kappa shape index (κ2) is 17.2. The van der Waals surface area contributed by atoms with Gasteiger partial charge in [0.15, 0.2) is 0 Å². The average Bonchev–Trinajstić information content (AvgIpc) is 2.96. The third-order valence-electron chi connectivity index (χ3n) is 6.21. The van der Waals surface area contributed by atoms with Gasteiger partial charge in [0.2, 0.25) is 0 Å². The molecule has 3 aromatic rings. The summed E-state index contributed by atoms with van der Waals surface area (Å²) >= 11 is 7.29. The van der Waals surface area contributed by atoms with Crippen LogP contribution in [0, 0.1) is 23.7 Å². The Kier molecular flexibility index (Phi) is 13.6. The number of nitrogens with two attached hydrogens (primary N) is 2. The van der Waals surface area contributed by atoms with E-state index in [1.807, 2.05) is 48.5 Å². The second-order valence-corrected chi connectivity index (χ2v) is 11.2. The molecule has 4 nitrogen and oxygen atoms in total. The van der Waals surface area contributed by atoms with Gasteiger partial charge in [-0.15, -0.1) is 0 Å². The summed E-state index contributed by atoms with van der Waals surface area (Å²) < 4.78 is 14.0. The quantitative estimate of drug-likeness (QED) is 0.152. The minimum absolute atomic E-state index is 0.431. The molecule has 40 heavy (non-hydrogen) atoms. The number of rotatable bonds is 12. The maximum absolute atomic E-state index is 6.11. The number of hydrogen-bond donors (Lipinski definition) is 2. The highest BCUT2D eigenvalue weighted by Crippen LogP contribution is 2.32. The molecule has 0 bridgehead atoms. The van der Waals surface area contributed by atoms with Crippen molar-refractivity contribution in [1.29, 1.82) is 0 Å². The molecule has 0 amide bonds. The molecule has 0 aliphatic carbocycles. The predicted molar refractivity (Wildman–Crippen MR) is 173 cm³/mol. The zero-order chi connectivity index (χ0) is 28.7. The van der Waals surface area contributed by atoms with Crippen LogP contribution in [0.4, 0.5) is 0 Å². The van der Waals surface area contributed by atoms with Gasteiger partial charge in [0, 0.05) is 24.2 Å². The molecule has 0 aliphatic heterocycles. The van der Waals surface area contributed by atoms with Crippen molar-refractivity contribution in [2.45, 2.75) is 65.5 Å². The fourth-order valence-electron chi connectivity index (χ4n) is 4.02. The molecule has 210 valence electrons. The predicted octanol–water partition coefficient (Wildman–Crippen LogP) is 8.07. The molecule has 6 heteroatoms. The summed E-state index contributed by atoms with van der Waals surface area (Å²) in [6.07, 6.45) is 6.56. The molecule has 4 N–H and O–H groups in total. The van der Waals surface area contributed by atoms with E-state index < -0.39 is 0 Å². The molecule has 0 spiro atoms. The van der Waals surface area contributed by atoms with Crippen LogP contribution in [0.15, 0.2) is 57.5 Å². The Morgan fingerprint density at radius 2 is 1.07 bits per heavy atom. The highest BCUT2D eigenvalue weighted by Gasteiger charge is 2.11. The van der Waals surface area contributed by atoms with Crippen LogP contribution in [-0.4, -0.2) is 13.2 Å².